The molecule has 0 bridgehead atoms. The summed E-state index contributed by atoms with van der Waals surface area (Å²) in [5.41, 5.74) is 0.491. The van der Waals surface area contributed by atoms with Crippen LogP contribution in [0.5, 0.6) is 0 Å². The van der Waals surface area contributed by atoms with Crippen molar-refractivity contribution >= 4 is 5.96 Å². The van der Waals surface area contributed by atoms with E-state index in [1.54, 1.807) is 19.6 Å². The van der Waals surface area contributed by atoms with E-state index in [9.17, 15) is 5.11 Å². The fourth-order valence-corrected chi connectivity index (χ4v) is 2.43. The maximum atomic E-state index is 10.4. The quantitative estimate of drug-likeness (QED) is 0.572. The molecule has 1 aromatic heterocycles. The Kier molecular flexibility index (Phi) is 4.85. The van der Waals surface area contributed by atoms with Crippen LogP contribution in [0.15, 0.2) is 28.0 Å². The number of guanidine groups is 1. The van der Waals surface area contributed by atoms with Crippen LogP contribution in [0, 0.1) is 0 Å². The molecule has 0 radical (unpaired) electrons. The molecule has 0 spiro atoms. The molecule has 1 aromatic rings. The Morgan fingerprint density at radius 1 is 1.37 bits per heavy atom. The smallest absolute Gasteiger partial charge is 0.191 e. The van der Waals surface area contributed by atoms with Gasteiger partial charge in [0.1, 0.15) is 0 Å². The number of furan rings is 1. The summed E-state index contributed by atoms with van der Waals surface area (Å²) in [7, 11) is 1.73. The van der Waals surface area contributed by atoms with Gasteiger partial charge < -0.3 is 20.2 Å². The van der Waals surface area contributed by atoms with E-state index in [0.29, 0.717) is 19.0 Å². The van der Waals surface area contributed by atoms with E-state index in [-0.39, 0.29) is 0 Å². The molecule has 0 atom stereocenters. The number of aliphatic imine (C=N–C) groups is 1. The van der Waals surface area contributed by atoms with Crippen LogP contribution in [0.3, 0.4) is 0 Å². The number of aliphatic hydroxyl groups is 1. The molecule has 5 heteroatoms. The summed E-state index contributed by atoms with van der Waals surface area (Å²) in [6.07, 6.45) is 8.55. The summed E-state index contributed by atoms with van der Waals surface area (Å²) >= 11 is 0. The maximum Gasteiger partial charge on any atom is 0.191 e. The van der Waals surface area contributed by atoms with Crippen molar-refractivity contribution in [2.24, 2.45) is 4.99 Å². The van der Waals surface area contributed by atoms with Crippen molar-refractivity contribution in [3.05, 3.63) is 24.2 Å². The van der Waals surface area contributed by atoms with E-state index in [1.165, 1.54) is 6.42 Å². The van der Waals surface area contributed by atoms with Gasteiger partial charge in [-0.3, -0.25) is 4.99 Å². The van der Waals surface area contributed by atoms with Gasteiger partial charge in [-0.05, 0) is 18.9 Å². The van der Waals surface area contributed by atoms with E-state index in [1.807, 2.05) is 6.07 Å². The van der Waals surface area contributed by atoms with E-state index in [2.05, 4.69) is 15.6 Å². The minimum absolute atomic E-state index is 0.554. The number of hydrogen-bond acceptors (Lipinski definition) is 3. The molecular formula is C14H23N3O2. The first-order valence-corrected chi connectivity index (χ1v) is 6.90. The molecule has 0 amide bonds. The summed E-state index contributed by atoms with van der Waals surface area (Å²) in [6, 6.07) is 1.91. The average Bonchev–Trinajstić information content (AvgIpc) is 2.93. The highest BCUT2D eigenvalue weighted by Crippen LogP contribution is 2.27. The lowest BCUT2D eigenvalue weighted by atomic mass is 9.85. The molecular weight excluding hydrogens is 242 g/mol. The van der Waals surface area contributed by atoms with Crippen molar-refractivity contribution in [3.63, 3.8) is 0 Å². The van der Waals surface area contributed by atoms with Crippen LogP contribution < -0.4 is 10.6 Å². The number of hydrogen-bond donors (Lipinski definition) is 3. The number of nitrogens with one attached hydrogen (secondary N) is 2. The molecule has 0 aromatic carbocycles. The Balaban J connectivity index is 1.76. The van der Waals surface area contributed by atoms with Gasteiger partial charge in [0.25, 0.3) is 0 Å². The van der Waals surface area contributed by atoms with Crippen LogP contribution in [0.1, 0.15) is 37.7 Å². The molecule has 1 aliphatic carbocycles. The monoisotopic (exact) mass is 265 g/mol. The molecule has 3 N–H and O–H groups in total. The van der Waals surface area contributed by atoms with Gasteiger partial charge in [0.2, 0.25) is 0 Å². The lowest BCUT2D eigenvalue weighted by Gasteiger charge is -2.32. The van der Waals surface area contributed by atoms with E-state index >= 15 is 0 Å². The highest BCUT2D eigenvalue weighted by atomic mass is 16.3. The summed E-state index contributed by atoms with van der Waals surface area (Å²) in [4.78, 5) is 4.16. The third-order valence-electron chi connectivity index (χ3n) is 3.63. The van der Waals surface area contributed by atoms with E-state index < -0.39 is 5.60 Å². The molecule has 2 rings (SSSR count). The summed E-state index contributed by atoms with van der Waals surface area (Å²) in [5, 5.41) is 16.8. The number of nitrogens with zero attached hydrogens (tertiary/aromatic N) is 1. The average molecular weight is 265 g/mol. The first-order chi connectivity index (χ1) is 9.22. The Bertz CT molecular complexity index is 395. The molecule has 1 aliphatic rings. The minimum atomic E-state index is -0.578. The van der Waals surface area contributed by atoms with Gasteiger partial charge in [-0.2, -0.15) is 0 Å². The first kappa shape index (κ1) is 13.9. The van der Waals surface area contributed by atoms with Crippen molar-refractivity contribution in [3.8, 4) is 0 Å². The summed E-state index contributed by atoms with van der Waals surface area (Å²) in [5.74, 6) is 0.709. The zero-order valence-electron chi connectivity index (χ0n) is 11.5. The molecule has 1 fully saturated rings. The van der Waals surface area contributed by atoms with Crippen molar-refractivity contribution in [2.75, 3.05) is 13.6 Å². The summed E-state index contributed by atoms with van der Waals surface area (Å²) < 4.78 is 5.01. The van der Waals surface area contributed by atoms with Gasteiger partial charge >= 0.3 is 0 Å². The third kappa shape index (κ3) is 4.28. The minimum Gasteiger partial charge on any atom is -0.472 e. The highest BCUT2D eigenvalue weighted by Gasteiger charge is 2.29. The number of rotatable bonds is 4. The molecule has 1 heterocycles. The predicted molar refractivity (Wildman–Crippen MR) is 74.9 cm³/mol. The Morgan fingerprint density at radius 2 is 2.16 bits per heavy atom. The van der Waals surface area contributed by atoms with Gasteiger partial charge in [-0.1, -0.05) is 19.3 Å². The van der Waals surface area contributed by atoms with Crippen LogP contribution in [-0.4, -0.2) is 30.3 Å². The Hall–Kier alpha value is -1.49. The SMILES string of the molecule is CN=C(NCc1ccoc1)NCC1(O)CCCCC1. The van der Waals surface area contributed by atoms with Crippen LogP contribution in [0.25, 0.3) is 0 Å². The molecule has 5 nitrogen and oxygen atoms in total. The van der Waals surface area contributed by atoms with Gasteiger partial charge in [0.05, 0.1) is 18.1 Å². The molecule has 1 saturated carbocycles. The lowest BCUT2D eigenvalue weighted by Crippen LogP contribution is -2.47. The fraction of sp³-hybridized carbons (Fsp3) is 0.643. The van der Waals surface area contributed by atoms with Crippen LogP contribution in [-0.2, 0) is 6.54 Å². The molecule has 0 unspecified atom stereocenters. The normalized spacial score (nSPS) is 19.2. The predicted octanol–water partition coefficient (Wildman–Crippen LogP) is 1.64. The van der Waals surface area contributed by atoms with Gasteiger partial charge in [0, 0.05) is 25.7 Å². The first-order valence-electron chi connectivity index (χ1n) is 6.90. The van der Waals surface area contributed by atoms with Crippen molar-refractivity contribution in [1.82, 2.24) is 10.6 Å². The topological polar surface area (TPSA) is 69.8 Å². The van der Waals surface area contributed by atoms with Crippen LogP contribution in [0.2, 0.25) is 0 Å². The second-order valence-corrected chi connectivity index (χ2v) is 5.20. The Morgan fingerprint density at radius 3 is 2.79 bits per heavy atom. The fourth-order valence-electron chi connectivity index (χ4n) is 2.43. The zero-order chi connectivity index (χ0) is 13.6. The second-order valence-electron chi connectivity index (χ2n) is 5.20. The van der Waals surface area contributed by atoms with Crippen molar-refractivity contribution in [1.29, 1.82) is 0 Å². The van der Waals surface area contributed by atoms with Crippen LogP contribution in [0.4, 0.5) is 0 Å². The molecule has 19 heavy (non-hydrogen) atoms. The largest absolute Gasteiger partial charge is 0.472 e. The lowest BCUT2D eigenvalue weighted by molar-refractivity contribution is 0.00859. The third-order valence-corrected chi connectivity index (χ3v) is 3.63. The highest BCUT2D eigenvalue weighted by molar-refractivity contribution is 5.79. The molecule has 106 valence electrons. The molecule has 0 aliphatic heterocycles. The van der Waals surface area contributed by atoms with Gasteiger partial charge in [-0.25, -0.2) is 0 Å². The zero-order valence-corrected chi connectivity index (χ0v) is 11.5. The van der Waals surface area contributed by atoms with Crippen molar-refractivity contribution in [2.45, 2.75) is 44.2 Å². The maximum absolute atomic E-state index is 10.4. The van der Waals surface area contributed by atoms with Crippen molar-refractivity contribution < 1.29 is 9.52 Å². The van der Waals surface area contributed by atoms with E-state index in [4.69, 9.17) is 4.42 Å². The molecule has 0 saturated heterocycles. The second kappa shape index (κ2) is 6.61. The van der Waals surface area contributed by atoms with E-state index in [0.717, 1.165) is 31.2 Å². The van der Waals surface area contributed by atoms with Gasteiger partial charge in [-0.15, -0.1) is 0 Å². The Labute approximate surface area is 114 Å². The summed E-state index contributed by atoms with van der Waals surface area (Å²) in [6.45, 7) is 1.21. The van der Waals surface area contributed by atoms with Crippen LogP contribution >= 0.6 is 0 Å². The standard InChI is InChI=1S/C14H23N3O2/c1-15-13(16-9-12-5-8-19-10-12)17-11-14(18)6-3-2-4-7-14/h5,8,10,18H,2-4,6-7,9,11H2,1H3,(H2,15,16,17). The van der Waals surface area contributed by atoms with Gasteiger partial charge in [0.15, 0.2) is 5.96 Å².